The maximum Gasteiger partial charge on any atom is 0.207 e. The van der Waals surface area contributed by atoms with Crippen molar-refractivity contribution in [2.24, 2.45) is 0 Å². The van der Waals surface area contributed by atoms with Gasteiger partial charge in [-0.25, -0.2) is 0 Å². The first-order valence-corrected chi connectivity index (χ1v) is 5.12. The minimum absolute atomic E-state index is 0.0769. The Hall–Kier alpha value is -0.970. The number of hydrogen-bond donors (Lipinski definition) is 0. The van der Waals surface area contributed by atoms with Crippen molar-refractivity contribution in [3.05, 3.63) is 0 Å². The molecular weight excluding hydrogens is 162 g/mol. The normalized spacial score (nSPS) is 16.2. The van der Waals surface area contributed by atoms with Gasteiger partial charge < -0.3 is 4.90 Å². The molecule has 0 aromatic carbocycles. The maximum absolute atomic E-state index is 11.1. The monoisotopic (exact) mass is 179 g/mol. The summed E-state index contributed by atoms with van der Waals surface area (Å²) in [7, 11) is 0. The Bertz CT molecular complexity index is 218. The summed E-state index contributed by atoms with van der Waals surface area (Å²) >= 11 is 0. The van der Waals surface area contributed by atoms with Crippen LogP contribution in [-0.2, 0) is 4.79 Å². The van der Waals surface area contributed by atoms with Crippen LogP contribution in [-0.4, -0.2) is 23.8 Å². The molecule has 0 aliphatic carbocycles. The molecule has 13 heavy (non-hydrogen) atoms. The Balaban J connectivity index is 2.31. The number of rotatable bonds is 2. The Labute approximate surface area is 80.3 Å². The van der Waals surface area contributed by atoms with Gasteiger partial charge in [-0.15, -0.1) is 0 Å². The second-order valence-corrected chi connectivity index (χ2v) is 3.46. The lowest BCUT2D eigenvalue weighted by atomic mass is 10.1. The van der Waals surface area contributed by atoms with E-state index in [2.05, 4.69) is 16.9 Å². The van der Waals surface area contributed by atoms with Gasteiger partial charge in [-0.1, -0.05) is 6.92 Å². The number of likely N-dealkylation sites (tertiary alicyclic amines) is 1. The van der Waals surface area contributed by atoms with Crippen LogP contribution in [0, 0.1) is 12.0 Å². The average molecular weight is 179 g/mol. The SMILES string of the molecule is CCCC(=O)C#CN1CCCCC1. The predicted molar refractivity (Wildman–Crippen MR) is 53.1 cm³/mol. The number of hydrogen-bond acceptors (Lipinski definition) is 2. The summed E-state index contributed by atoms with van der Waals surface area (Å²) in [4.78, 5) is 13.2. The molecule has 1 saturated heterocycles. The van der Waals surface area contributed by atoms with E-state index in [0.717, 1.165) is 19.5 Å². The molecule has 1 fully saturated rings. The number of carbonyl (C=O) groups is 1. The first kappa shape index (κ1) is 10.1. The molecule has 1 aliphatic rings. The van der Waals surface area contributed by atoms with Gasteiger partial charge in [0, 0.05) is 25.6 Å². The van der Waals surface area contributed by atoms with Crippen LogP contribution in [0.25, 0.3) is 0 Å². The average Bonchev–Trinajstić information content (AvgIpc) is 2.17. The quantitative estimate of drug-likeness (QED) is 0.602. The molecule has 0 spiro atoms. The standard InChI is InChI=1S/C11H17NO/c1-2-6-11(13)7-10-12-8-4-3-5-9-12/h2-6,8-9H2,1H3. The number of Topliss-reactive ketones (excluding diaryl/α,β-unsaturated/α-hetero) is 1. The van der Waals surface area contributed by atoms with Gasteiger partial charge in [-0.2, -0.15) is 0 Å². The van der Waals surface area contributed by atoms with Crippen LogP contribution in [0.4, 0.5) is 0 Å². The van der Waals surface area contributed by atoms with Gasteiger partial charge in [0.15, 0.2) is 0 Å². The van der Waals surface area contributed by atoms with Crippen LogP contribution in [0.15, 0.2) is 0 Å². The van der Waals surface area contributed by atoms with E-state index in [1.807, 2.05) is 6.92 Å². The Morgan fingerprint density at radius 3 is 2.62 bits per heavy atom. The summed E-state index contributed by atoms with van der Waals surface area (Å²) < 4.78 is 0. The third-order valence-corrected chi connectivity index (χ3v) is 2.19. The lowest BCUT2D eigenvalue weighted by Crippen LogP contribution is -2.24. The fourth-order valence-corrected chi connectivity index (χ4v) is 1.44. The van der Waals surface area contributed by atoms with Crippen molar-refractivity contribution in [3.63, 3.8) is 0 Å². The van der Waals surface area contributed by atoms with Crippen molar-refractivity contribution >= 4 is 5.78 Å². The van der Waals surface area contributed by atoms with Crippen molar-refractivity contribution in [1.29, 1.82) is 0 Å². The lowest BCUT2D eigenvalue weighted by molar-refractivity contribution is -0.113. The van der Waals surface area contributed by atoms with E-state index >= 15 is 0 Å². The highest BCUT2D eigenvalue weighted by Gasteiger charge is 2.05. The van der Waals surface area contributed by atoms with Crippen LogP contribution in [0.2, 0.25) is 0 Å². The molecular formula is C11H17NO. The third-order valence-electron chi connectivity index (χ3n) is 2.19. The van der Waals surface area contributed by atoms with Crippen LogP contribution < -0.4 is 0 Å². The molecule has 2 nitrogen and oxygen atoms in total. The predicted octanol–water partition coefficient (Wildman–Crippen LogP) is 1.80. The zero-order valence-electron chi connectivity index (χ0n) is 8.31. The van der Waals surface area contributed by atoms with Crippen LogP contribution in [0.3, 0.4) is 0 Å². The minimum atomic E-state index is 0.0769. The van der Waals surface area contributed by atoms with E-state index in [-0.39, 0.29) is 5.78 Å². The molecule has 0 bridgehead atoms. The number of piperidine rings is 1. The van der Waals surface area contributed by atoms with E-state index in [1.54, 1.807) is 0 Å². The number of carbonyl (C=O) groups excluding carboxylic acids is 1. The molecule has 0 aromatic heterocycles. The largest absolute Gasteiger partial charge is 0.332 e. The molecule has 2 heteroatoms. The summed E-state index contributed by atoms with van der Waals surface area (Å²) in [6.07, 6.45) is 5.24. The summed E-state index contributed by atoms with van der Waals surface area (Å²) in [6, 6.07) is 2.94. The molecule has 0 amide bonds. The fraction of sp³-hybridized carbons (Fsp3) is 0.727. The summed E-state index contributed by atoms with van der Waals surface area (Å²) in [6.45, 7) is 4.07. The molecule has 0 saturated carbocycles. The van der Waals surface area contributed by atoms with Gasteiger partial charge in [0.1, 0.15) is 0 Å². The van der Waals surface area contributed by atoms with Crippen molar-refractivity contribution in [2.75, 3.05) is 13.1 Å². The first-order chi connectivity index (χ1) is 6.33. The molecule has 0 unspecified atom stereocenters. The number of ketones is 1. The van der Waals surface area contributed by atoms with E-state index < -0.39 is 0 Å². The molecule has 72 valence electrons. The van der Waals surface area contributed by atoms with Crippen molar-refractivity contribution in [2.45, 2.75) is 39.0 Å². The van der Waals surface area contributed by atoms with Crippen molar-refractivity contribution in [3.8, 4) is 12.0 Å². The van der Waals surface area contributed by atoms with Gasteiger partial charge in [0.05, 0.1) is 0 Å². The van der Waals surface area contributed by atoms with E-state index in [9.17, 15) is 4.79 Å². The highest BCUT2D eigenvalue weighted by atomic mass is 16.1. The molecule has 0 N–H and O–H groups in total. The van der Waals surface area contributed by atoms with Crippen molar-refractivity contribution < 1.29 is 4.79 Å². The maximum atomic E-state index is 11.1. The second kappa shape index (κ2) is 5.64. The van der Waals surface area contributed by atoms with Gasteiger partial charge in [0.25, 0.3) is 0 Å². The molecule has 0 radical (unpaired) electrons. The number of nitrogens with zero attached hydrogens (tertiary/aromatic N) is 1. The summed E-state index contributed by atoms with van der Waals surface area (Å²) in [5.41, 5.74) is 0. The Morgan fingerprint density at radius 2 is 2.00 bits per heavy atom. The molecule has 1 heterocycles. The zero-order chi connectivity index (χ0) is 9.52. The summed E-state index contributed by atoms with van der Waals surface area (Å²) in [5.74, 6) is 2.77. The molecule has 0 aromatic rings. The Kier molecular flexibility index (Phi) is 4.39. The molecule has 1 rings (SSSR count). The fourth-order valence-electron chi connectivity index (χ4n) is 1.44. The zero-order valence-corrected chi connectivity index (χ0v) is 8.31. The first-order valence-electron chi connectivity index (χ1n) is 5.12. The second-order valence-electron chi connectivity index (χ2n) is 3.46. The molecule has 1 aliphatic heterocycles. The topological polar surface area (TPSA) is 20.3 Å². The highest BCUT2D eigenvalue weighted by Crippen LogP contribution is 2.06. The minimum Gasteiger partial charge on any atom is -0.332 e. The van der Waals surface area contributed by atoms with Gasteiger partial charge in [-0.05, 0) is 31.6 Å². The molecule has 0 atom stereocenters. The smallest absolute Gasteiger partial charge is 0.207 e. The third kappa shape index (κ3) is 3.98. The van der Waals surface area contributed by atoms with Gasteiger partial charge in [-0.3, -0.25) is 4.79 Å². The van der Waals surface area contributed by atoms with E-state index in [0.29, 0.717) is 6.42 Å². The van der Waals surface area contributed by atoms with Crippen LogP contribution >= 0.6 is 0 Å². The lowest BCUT2D eigenvalue weighted by Gasteiger charge is -2.21. The van der Waals surface area contributed by atoms with Crippen LogP contribution in [0.1, 0.15) is 39.0 Å². The van der Waals surface area contributed by atoms with Gasteiger partial charge >= 0.3 is 0 Å². The Morgan fingerprint density at radius 1 is 1.31 bits per heavy atom. The van der Waals surface area contributed by atoms with E-state index in [4.69, 9.17) is 0 Å². The van der Waals surface area contributed by atoms with Crippen molar-refractivity contribution in [1.82, 2.24) is 4.90 Å². The highest BCUT2D eigenvalue weighted by molar-refractivity contribution is 5.95. The van der Waals surface area contributed by atoms with E-state index in [1.165, 1.54) is 19.3 Å². The summed E-state index contributed by atoms with van der Waals surface area (Å²) in [5, 5.41) is 0. The van der Waals surface area contributed by atoms with Gasteiger partial charge in [0.2, 0.25) is 5.78 Å². The van der Waals surface area contributed by atoms with Crippen LogP contribution in [0.5, 0.6) is 0 Å².